The Labute approximate surface area is 150 Å². The molecule has 1 amide bonds. The number of carbonyl (C=O) groups excluding carboxylic acids is 1. The van der Waals surface area contributed by atoms with Gasteiger partial charge in [0.25, 0.3) is 0 Å². The van der Waals surface area contributed by atoms with Gasteiger partial charge in [-0.1, -0.05) is 13.8 Å². The second-order valence-corrected chi connectivity index (χ2v) is 7.20. The van der Waals surface area contributed by atoms with E-state index < -0.39 is 0 Å². The maximum absolute atomic E-state index is 12.3. The number of halogens is 1. The van der Waals surface area contributed by atoms with Gasteiger partial charge in [-0.2, -0.15) is 5.10 Å². The monoisotopic (exact) mass is 355 g/mol. The summed E-state index contributed by atoms with van der Waals surface area (Å²) in [5.41, 5.74) is 0. The summed E-state index contributed by atoms with van der Waals surface area (Å²) in [6, 6.07) is 0.0317. The summed E-state index contributed by atoms with van der Waals surface area (Å²) in [5.74, 6) is 3.01. The van der Waals surface area contributed by atoms with Crippen LogP contribution in [0, 0.1) is 5.92 Å². The summed E-state index contributed by atoms with van der Waals surface area (Å²) in [7, 11) is 0. The number of nitrogens with one attached hydrogen (secondary N) is 2. The first-order valence-corrected chi connectivity index (χ1v) is 9.08. The Morgan fingerprint density at radius 3 is 2.79 bits per heavy atom. The first kappa shape index (κ1) is 19.2. The third kappa shape index (κ3) is 4.70. The van der Waals surface area contributed by atoms with E-state index in [1.807, 2.05) is 4.68 Å². The van der Waals surface area contributed by atoms with Gasteiger partial charge < -0.3 is 10.6 Å². The van der Waals surface area contributed by atoms with Gasteiger partial charge in [-0.25, -0.2) is 9.67 Å². The molecule has 6 nitrogen and oxygen atoms in total. The number of hydrogen-bond acceptors (Lipinski definition) is 4. The second kappa shape index (κ2) is 8.81. The highest BCUT2D eigenvalue weighted by atomic mass is 35.5. The van der Waals surface area contributed by atoms with Gasteiger partial charge in [0, 0.05) is 18.9 Å². The van der Waals surface area contributed by atoms with Crippen LogP contribution < -0.4 is 10.6 Å². The molecule has 0 bridgehead atoms. The van der Waals surface area contributed by atoms with E-state index in [-0.39, 0.29) is 24.4 Å². The van der Waals surface area contributed by atoms with Crippen molar-refractivity contribution in [1.29, 1.82) is 0 Å². The number of rotatable bonds is 5. The average molecular weight is 356 g/mol. The van der Waals surface area contributed by atoms with Crippen molar-refractivity contribution < 1.29 is 4.79 Å². The number of nitrogens with zero attached hydrogens (tertiary/aromatic N) is 3. The third-order valence-electron chi connectivity index (χ3n) is 4.98. The van der Waals surface area contributed by atoms with Crippen LogP contribution in [0.5, 0.6) is 0 Å². The fraction of sp³-hybridized carbons (Fsp3) is 0.824. The van der Waals surface area contributed by atoms with Gasteiger partial charge in [-0.15, -0.1) is 12.4 Å². The molecule has 2 aliphatic heterocycles. The Bertz CT molecular complexity index is 539. The largest absolute Gasteiger partial charge is 0.346 e. The molecule has 1 aromatic rings. The molecular weight excluding hydrogens is 326 g/mol. The molecule has 3 rings (SSSR count). The fourth-order valence-corrected chi connectivity index (χ4v) is 3.52. The van der Waals surface area contributed by atoms with Gasteiger partial charge in [0.1, 0.15) is 5.82 Å². The Balaban J connectivity index is 0.00000208. The second-order valence-electron chi connectivity index (χ2n) is 7.20. The van der Waals surface area contributed by atoms with Crippen LogP contribution in [-0.2, 0) is 11.3 Å². The molecule has 0 spiro atoms. The molecule has 0 aromatic carbocycles. The van der Waals surface area contributed by atoms with Crippen molar-refractivity contribution in [3.05, 3.63) is 11.6 Å². The van der Waals surface area contributed by atoms with Crippen LogP contribution >= 0.6 is 12.4 Å². The number of piperidine rings is 1. The van der Waals surface area contributed by atoms with E-state index in [1.165, 1.54) is 12.8 Å². The van der Waals surface area contributed by atoms with Crippen LogP contribution in [0.2, 0.25) is 0 Å². The van der Waals surface area contributed by atoms with Gasteiger partial charge in [0.05, 0.1) is 6.04 Å². The van der Waals surface area contributed by atoms with E-state index in [1.54, 1.807) is 0 Å². The fourth-order valence-electron chi connectivity index (χ4n) is 3.52. The maximum atomic E-state index is 12.3. The summed E-state index contributed by atoms with van der Waals surface area (Å²) in [6.45, 7) is 7.31. The van der Waals surface area contributed by atoms with E-state index in [4.69, 9.17) is 0 Å². The molecule has 1 atom stereocenters. The number of hydrogen-bond donors (Lipinski definition) is 2. The Hall–Kier alpha value is -1.14. The predicted octanol–water partition coefficient (Wildman–Crippen LogP) is 2.55. The first-order valence-electron chi connectivity index (χ1n) is 9.08. The zero-order valence-corrected chi connectivity index (χ0v) is 15.6. The molecule has 136 valence electrons. The third-order valence-corrected chi connectivity index (χ3v) is 4.98. The molecule has 2 aliphatic rings. The molecule has 0 aliphatic carbocycles. The molecule has 1 aromatic heterocycles. The van der Waals surface area contributed by atoms with Crippen molar-refractivity contribution in [2.45, 2.75) is 70.9 Å². The van der Waals surface area contributed by atoms with E-state index >= 15 is 0 Å². The van der Waals surface area contributed by atoms with Gasteiger partial charge in [-0.05, 0) is 51.1 Å². The highest BCUT2D eigenvalue weighted by Crippen LogP contribution is 2.25. The summed E-state index contributed by atoms with van der Waals surface area (Å²) < 4.78 is 1.98. The van der Waals surface area contributed by atoms with Gasteiger partial charge >= 0.3 is 0 Å². The Morgan fingerprint density at radius 1 is 1.33 bits per heavy atom. The van der Waals surface area contributed by atoms with Crippen molar-refractivity contribution in [2.75, 3.05) is 13.1 Å². The van der Waals surface area contributed by atoms with E-state index in [9.17, 15) is 4.79 Å². The molecule has 0 radical (unpaired) electrons. The highest BCUT2D eigenvalue weighted by molar-refractivity contribution is 5.85. The summed E-state index contributed by atoms with van der Waals surface area (Å²) in [4.78, 5) is 17.0. The lowest BCUT2D eigenvalue weighted by Gasteiger charge is -2.24. The molecular formula is C17H30ClN5O. The molecule has 1 fully saturated rings. The maximum Gasteiger partial charge on any atom is 0.220 e. The van der Waals surface area contributed by atoms with Gasteiger partial charge in [0.15, 0.2) is 5.82 Å². The van der Waals surface area contributed by atoms with Crippen molar-refractivity contribution >= 4 is 18.3 Å². The lowest BCUT2D eigenvalue weighted by atomic mass is 9.93. The standard InChI is InChI=1S/C17H29N5O.ClH/c1-12(2)16-20-17-14(4-3-11-22(17)21-16)19-15(23)6-5-13-7-9-18-10-8-13;/h12-14,18H,3-11H2,1-2H3,(H,19,23);1H. The minimum Gasteiger partial charge on any atom is -0.346 e. The van der Waals surface area contributed by atoms with Gasteiger partial charge in [-0.3, -0.25) is 4.79 Å². The normalized spacial score (nSPS) is 21.2. The molecule has 0 saturated carbocycles. The number of fused-ring (bicyclic) bond motifs is 1. The SMILES string of the molecule is CC(C)c1nc2n(n1)CCCC2NC(=O)CCC1CCNCC1.Cl. The van der Waals surface area contributed by atoms with Crippen molar-refractivity contribution in [2.24, 2.45) is 5.92 Å². The molecule has 1 unspecified atom stereocenters. The quantitative estimate of drug-likeness (QED) is 0.851. The molecule has 3 heterocycles. The molecule has 2 N–H and O–H groups in total. The lowest BCUT2D eigenvalue weighted by molar-refractivity contribution is -0.122. The smallest absolute Gasteiger partial charge is 0.220 e. The van der Waals surface area contributed by atoms with Gasteiger partial charge in [0.2, 0.25) is 5.91 Å². The van der Waals surface area contributed by atoms with Crippen molar-refractivity contribution in [1.82, 2.24) is 25.4 Å². The first-order chi connectivity index (χ1) is 11.1. The van der Waals surface area contributed by atoms with E-state index in [2.05, 4.69) is 34.6 Å². The minimum atomic E-state index is 0. The number of aryl methyl sites for hydroxylation is 1. The molecule has 1 saturated heterocycles. The Morgan fingerprint density at radius 2 is 2.08 bits per heavy atom. The zero-order chi connectivity index (χ0) is 16.2. The minimum absolute atomic E-state index is 0. The van der Waals surface area contributed by atoms with Crippen molar-refractivity contribution in [3.63, 3.8) is 0 Å². The number of amides is 1. The topological polar surface area (TPSA) is 71.8 Å². The molecule has 7 heteroatoms. The van der Waals surface area contributed by atoms with Crippen LogP contribution in [0.15, 0.2) is 0 Å². The van der Waals surface area contributed by atoms with E-state index in [0.29, 0.717) is 18.3 Å². The highest BCUT2D eigenvalue weighted by Gasteiger charge is 2.26. The molecule has 24 heavy (non-hydrogen) atoms. The van der Waals surface area contributed by atoms with Crippen LogP contribution in [-0.4, -0.2) is 33.8 Å². The van der Waals surface area contributed by atoms with Crippen molar-refractivity contribution in [3.8, 4) is 0 Å². The van der Waals surface area contributed by atoms with Crippen LogP contribution in [0.25, 0.3) is 0 Å². The number of carbonyl (C=O) groups is 1. The predicted molar refractivity (Wildman–Crippen MR) is 96.3 cm³/mol. The summed E-state index contributed by atoms with van der Waals surface area (Å²) in [6.07, 6.45) is 6.05. The van der Waals surface area contributed by atoms with Crippen LogP contribution in [0.4, 0.5) is 0 Å². The summed E-state index contributed by atoms with van der Waals surface area (Å²) >= 11 is 0. The zero-order valence-electron chi connectivity index (χ0n) is 14.8. The number of aromatic nitrogens is 3. The van der Waals surface area contributed by atoms with E-state index in [0.717, 1.165) is 50.5 Å². The van der Waals surface area contributed by atoms with Crippen LogP contribution in [0.1, 0.15) is 76.0 Å². The van der Waals surface area contributed by atoms with Crippen LogP contribution in [0.3, 0.4) is 0 Å². The lowest BCUT2D eigenvalue weighted by Crippen LogP contribution is -2.34. The Kier molecular flexibility index (Phi) is 7.04. The average Bonchev–Trinajstić information content (AvgIpc) is 3.00. The summed E-state index contributed by atoms with van der Waals surface area (Å²) in [5, 5.41) is 11.1.